The van der Waals surface area contributed by atoms with Gasteiger partial charge in [0.15, 0.2) is 0 Å². The largest absolute Gasteiger partial charge is 0.349 e. The molecule has 0 aromatic carbocycles. The molecule has 0 spiro atoms. The summed E-state index contributed by atoms with van der Waals surface area (Å²) in [4.78, 5) is 24.4. The Bertz CT molecular complexity index is 248. The Balaban J connectivity index is 2.56. The van der Waals surface area contributed by atoms with Gasteiger partial charge in [-0.05, 0) is 18.3 Å². The molecule has 0 saturated heterocycles. The van der Waals surface area contributed by atoms with E-state index in [4.69, 9.17) is 0 Å². The molecule has 3 heteroatoms. The van der Waals surface area contributed by atoms with Crippen molar-refractivity contribution in [2.75, 3.05) is 14.1 Å². The monoisotopic (exact) mass is 197 g/mol. The lowest BCUT2D eigenvalue weighted by molar-refractivity contribution is -0.133. The van der Waals surface area contributed by atoms with Crippen molar-refractivity contribution >= 4 is 11.7 Å². The molecule has 0 aromatic heterocycles. The minimum atomic E-state index is -0.0866. The lowest BCUT2D eigenvalue weighted by atomic mass is 9.73. The third kappa shape index (κ3) is 2.82. The van der Waals surface area contributed by atoms with Crippen molar-refractivity contribution < 1.29 is 9.59 Å². The number of ketones is 1. The zero-order valence-corrected chi connectivity index (χ0v) is 9.30. The molecule has 0 radical (unpaired) electrons. The molecular formula is C11H19NO2. The molecule has 1 amide bonds. The standard InChI is InChI=1S/C11H19NO2/c1-11(8-10(14)12(2)3)6-4-5-9(13)7-11/h4-8H2,1-3H3. The predicted molar refractivity (Wildman–Crippen MR) is 54.9 cm³/mol. The summed E-state index contributed by atoms with van der Waals surface area (Å²) in [6.45, 7) is 2.05. The van der Waals surface area contributed by atoms with E-state index in [9.17, 15) is 9.59 Å². The minimum Gasteiger partial charge on any atom is -0.349 e. The fourth-order valence-electron chi connectivity index (χ4n) is 2.04. The molecule has 1 aliphatic carbocycles. The molecule has 1 aliphatic rings. The van der Waals surface area contributed by atoms with Crippen molar-refractivity contribution in [2.45, 2.75) is 39.0 Å². The van der Waals surface area contributed by atoms with E-state index in [1.165, 1.54) is 0 Å². The van der Waals surface area contributed by atoms with Gasteiger partial charge in [-0.3, -0.25) is 9.59 Å². The van der Waals surface area contributed by atoms with Crippen LogP contribution in [0.4, 0.5) is 0 Å². The number of Topliss-reactive ketones (excluding diaryl/α,β-unsaturated/α-hetero) is 1. The SMILES string of the molecule is CN(C)C(=O)CC1(C)CCCC(=O)C1. The molecule has 0 aromatic rings. The Morgan fingerprint density at radius 3 is 2.64 bits per heavy atom. The maximum atomic E-state index is 11.5. The Morgan fingerprint density at radius 2 is 2.14 bits per heavy atom. The van der Waals surface area contributed by atoms with Gasteiger partial charge in [0, 0.05) is 33.4 Å². The second-order valence-electron chi connectivity index (χ2n) is 4.84. The van der Waals surface area contributed by atoms with E-state index < -0.39 is 0 Å². The first-order chi connectivity index (χ1) is 6.43. The summed E-state index contributed by atoms with van der Waals surface area (Å²) < 4.78 is 0. The summed E-state index contributed by atoms with van der Waals surface area (Å²) in [5, 5.41) is 0. The molecule has 80 valence electrons. The van der Waals surface area contributed by atoms with Crippen molar-refractivity contribution in [3.63, 3.8) is 0 Å². The molecule has 1 atom stereocenters. The number of amides is 1. The molecule has 0 bridgehead atoms. The van der Waals surface area contributed by atoms with E-state index in [-0.39, 0.29) is 11.3 Å². The highest BCUT2D eigenvalue weighted by Gasteiger charge is 2.33. The van der Waals surface area contributed by atoms with Crippen LogP contribution in [0, 0.1) is 5.41 Å². The van der Waals surface area contributed by atoms with Gasteiger partial charge in [0.25, 0.3) is 0 Å². The third-order valence-electron chi connectivity index (χ3n) is 2.94. The number of nitrogens with zero attached hydrogens (tertiary/aromatic N) is 1. The van der Waals surface area contributed by atoms with Gasteiger partial charge in [-0.1, -0.05) is 6.92 Å². The van der Waals surface area contributed by atoms with Crippen LogP contribution >= 0.6 is 0 Å². The topological polar surface area (TPSA) is 37.4 Å². The van der Waals surface area contributed by atoms with Gasteiger partial charge in [0.1, 0.15) is 5.78 Å². The summed E-state index contributed by atoms with van der Waals surface area (Å²) >= 11 is 0. The third-order valence-corrected chi connectivity index (χ3v) is 2.94. The van der Waals surface area contributed by atoms with E-state index in [0.717, 1.165) is 12.8 Å². The van der Waals surface area contributed by atoms with Crippen molar-refractivity contribution in [2.24, 2.45) is 5.41 Å². The first kappa shape index (κ1) is 11.2. The molecule has 3 nitrogen and oxygen atoms in total. The van der Waals surface area contributed by atoms with Gasteiger partial charge in [0.2, 0.25) is 5.91 Å². The van der Waals surface area contributed by atoms with Crippen LogP contribution in [0.1, 0.15) is 39.0 Å². The van der Waals surface area contributed by atoms with E-state index >= 15 is 0 Å². The number of carbonyl (C=O) groups excluding carboxylic acids is 2. The second-order valence-corrected chi connectivity index (χ2v) is 4.84. The summed E-state index contributed by atoms with van der Waals surface area (Å²) in [6.07, 6.45) is 3.72. The molecule has 1 fully saturated rings. The number of hydrogen-bond acceptors (Lipinski definition) is 2. The van der Waals surface area contributed by atoms with Crippen LogP contribution in [0.3, 0.4) is 0 Å². The molecular weight excluding hydrogens is 178 g/mol. The Labute approximate surface area is 85.5 Å². The van der Waals surface area contributed by atoms with Crippen molar-refractivity contribution in [1.29, 1.82) is 0 Å². The van der Waals surface area contributed by atoms with E-state index in [1.807, 2.05) is 6.92 Å². The van der Waals surface area contributed by atoms with Crippen LogP contribution in [-0.2, 0) is 9.59 Å². The average Bonchev–Trinajstić information content (AvgIpc) is 2.02. The lowest BCUT2D eigenvalue weighted by Gasteiger charge is -2.32. The van der Waals surface area contributed by atoms with Gasteiger partial charge in [-0.2, -0.15) is 0 Å². The first-order valence-electron chi connectivity index (χ1n) is 5.15. The van der Waals surface area contributed by atoms with Crippen LogP contribution in [0.2, 0.25) is 0 Å². The molecule has 1 unspecified atom stereocenters. The predicted octanol–water partition coefficient (Wildman–Crippen LogP) is 1.61. The highest BCUT2D eigenvalue weighted by molar-refractivity contribution is 5.82. The molecule has 0 N–H and O–H groups in total. The van der Waals surface area contributed by atoms with E-state index in [0.29, 0.717) is 25.0 Å². The Kier molecular flexibility index (Phi) is 3.29. The van der Waals surface area contributed by atoms with Gasteiger partial charge >= 0.3 is 0 Å². The smallest absolute Gasteiger partial charge is 0.222 e. The lowest BCUT2D eigenvalue weighted by Crippen LogP contribution is -2.33. The summed E-state index contributed by atoms with van der Waals surface area (Å²) in [7, 11) is 3.52. The first-order valence-corrected chi connectivity index (χ1v) is 5.15. The van der Waals surface area contributed by atoms with E-state index in [2.05, 4.69) is 0 Å². The van der Waals surface area contributed by atoms with Crippen LogP contribution in [0.5, 0.6) is 0 Å². The number of carbonyl (C=O) groups is 2. The maximum Gasteiger partial charge on any atom is 0.222 e. The minimum absolute atomic E-state index is 0.0866. The van der Waals surface area contributed by atoms with Crippen LogP contribution < -0.4 is 0 Å². The molecule has 0 heterocycles. The van der Waals surface area contributed by atoms with Crippen molar-refractivity contribution in [1.82, 2.24) is 4.90 Å². The zero-order chi connectivity index (χ0) is 10.8. The van der Waals surface area contributed by atoms with Crippen molar-refractivity contribution in [3.8, 4) is 0 Å². The second kappa shape index (κ2) is 4.11. The summed E-state index contributed by atoms with van der Waals surface area (Å²) in [5.74, 6) is 0.438. The van der Waals surface area contributed by atoms with Gasteiger partial charge in [-0.25, -0.2) is 0 Å². The summed E-state index contributed by atoms with van der Waals surface area (Å²) in [5.41, 5.74) is -0.0866. The van der Waals surface area contributed by atoms with Gasteiger partial charge in [-0.15, -0.1) is 0 Å². The zero-order valence-electron chi connectivity index (χ0n) is 9.30. The summed E-state index contributed by atoms with van der Waals surface area (Å²) in [6, 6.07) is 0. The van der Waals surface area contributed by atoms with Crippen LogP contribution in [0.25, 0.3) is 0 Å². The van der Waals surface area contributed by atoms with Gasteiger partial charge < -0.3 is 4.90 Å². The molecule has 14 heavy (non-hydrogen) atoms. The van der Waals surface area contributed by atoms with E-state index in [1.54, 1.807) is 19.0 Å². The fraction of sp³-hybridized carbons (Fsp3) is 0.818. The maximum absolute atomic E-state index is 11.5. The number of rotatable bonds is 2. The van der Waals surface area contributed by atoms with Crippen molar-refractivity contribution in [3.05, 3.63) is 0 Å². The molecule has 0 aliphatic heterocycles. The highest BCUT2D eigenvalue weighted by atomic mass is 16.2. The van der Waals surface area contributed by atoms with Gasteiger partial charge in [0.05, 0.1) is 0 Å². The highest BCUT2D eigenvalue weighted by Crippen LogP contribution is 2.37. The Morgan fingerprint density at radius 1 is 1.50 bits per heavy atom. The normalized spacial score (nSPS) is 27.5. The molecule has 1 rings (SSSR count). The molecule has 1 saturated carbocycles. The Hall–Kier alpha value is -0.860. The average molecular weight is 197 g/mol. The van der Waals surface area contributed by atoms with Crippen LogP contribution in [0.15, 0.2) is 0 Å². The quantitative estimate of drug-likeness (QED) is 0.674. The van der Waals surface area contributed by atoms with Crippen LogP contribution in [-0.4, -0.2) is 30.7 Å². The fourth-order valence-corrected chi connectivity index (χ4v) is 2.04. The number of hydrogen-bond donors (Lipinski definition) is 0.